The van der Waals surface area contributed by atoms with E-state index in [4.69, 9.17) is 22.1 Å². The average molecular weight is 241 g/mol. The molecule has 1 aliphatic rings. The predicted molar refractivity (Wildman–Crippen MR) is 68.1 cm³/mol. The summed E-state index contributed by atoms with van der Waals surface area (Å²) in [5.41, 5.74) is 7.44. The first-order valence-corrected chi connectivity index (χ1v) is 5.96. The Labute approximate surface area is 101 Å². The number of nitrogens with zero attached hydrogens (tertiary/aromatic N) is 1. The normalized spacial score (nSPS) is 21.9. The Morgan fingerprint density at radius 2 is 2.31 bits per heavy atom. The van der Waals surface area contributed by atoms with Gasteiger partial charge in [-0.2, -0.15) is 0 Å². The summed E-state index contributed by atoms with van der Waals surface area (Å²) in [6.45, 7) is 4.77. The van der Waals surface area contributed by atoms with Crippen LogP contribution in [0.5, 0.6) is 0 Å². The zero-order valence-electron chi connectivity index (χ0n) is 9.45. The molecule has 0 bridgehead atoms. The largest absolute Gasteiger partial charge is 0.399 e. The lowest BCUT2D eigenvalue weighted by atomic mass is 10.2. The van der Waals surface area contributed by atoms with Gasteiger partial charge in [-0.15, -0.1) is 0 Å². The summed E-state index contributed by atoms with van der Waals surface area (Å²) >= 11 is 6.20. The summed E-state index contributed by atoms with van der Waals surface area (Å²) in [5, 5.41) is 0.717. The van der Waals surface area contributed by atoms with Crippen LogP contribution in [0.25, 0.3) is 0 Å². The minimum atomic E-state index is 0.246. The first-order chi connectivity index (χ1) is 7.66. The van der Waals surface area contributed by atoms with Crippen LogP contribution in [0.2, 0.25) is 5.02 Å². The molecule has 88 valence electrons. The van der Waals surface area contributed by atoms with Gasteiger partial charge in [-0.25, -0.2) is 0 Å². The Morgan fingerprint density at radius 3 is 3.06 bits per heavy atom. The molecule has 1 heterocycles. The maximum atomic E-state index is 6.20. The fourth-order valence-corrected chi connectivity index (χ4v) is 2.30. The molecule has 2 N–H and O–H groups in total. The number of hydrogen-bond donors (Lipinski definition) is 1. The topological polar surface area (TPSA) is 38.5 Å². The second-order valence-electron chi connectivity index (χ2n) is 4.19. The molecule has 0 radical (unpaired) electrons. The van der Waals surface area contributed by atoms with E-state index in [2.05, 4.69) is 11.8 Å². The standard InChI is InChI=1S/C12H17ClN2O/c1-9-8-15(5-2-6-16-9)12-4-3-10(14)7-11(12)13/h3-4,7,9H,2,5-6,8,14H2,1H3. The van der Waals surface area contributed by atoms with Gasteiger partial charge in [0.05, 0.1) is 16.8 Å². The predicted octanol–water partition coefficient (Wildman–Crippen LogP) is 2.54. The van der Waals surface area contributed by atoms with Gasteiger partial charge in [0, 0.05) is 25.4 Å². The summed E-state index contributed by atoms with van der Waals surface area (Å²) in [5.74, 6) is 0. The highest BCUT2D eigenvalue weighted by Crippen LogP contribution is 2.28. The SMILES string of the molecule is CC1CN(c2ccc(N)cc2Cl)CCCO1. The first-order valence-electron chi connectivity index (χ1n) is 5.58. The van der Waals surface area contributed by atoms with E-state index in [1.807, 2.05) is 12.1 Å². The van der Waals surface area contributed by atoms with Gasteiger partial charge in [0.15, 0.2) is 0 Å². The molecule has 1 fully saturated rings. The van der Waals surface area contributed by atoms with Crippen LogP contribution in [0.4, 0.5) is 11.4 Å². The van der Waals surface area contributed by atoms with Crippen molar-refractivity contribution in [1.82, 2.24) is 0 Å². The Balaban J connectivity index is 2.21. The van der Waals surface area contributed by atoms with Gasteiger partial charge in [0.1, 0.15) is 0 Å². The monoisotopic (exact) mass is 240 g/mol. The van der Waals surface area contributed by atoms with Crippen molar-refractivity contribution in [1.29, 1.82) is 0 Å². The molecular formula is C12H17ClN2O. The molecule has 0 aromatic heterocycles. The smallest absolute Gasteiger partial charge is 0.0721 e. The van der Waals surface area contributed by atoms with Crippen molar-refractivity contribution in [3.05, 3.63) is 23.2 Å². The number of ether oxygens (including phenoxy) is 1. The van der Waals surface area contributed by atoms with Crippen molar-refractivity contribution in [3.8, 4) is 0 Å². The van der Waals surface area contributed by atoms with Crippen LogP contribution >= 0.6 is 11.6 Å². The number of nitrogens with two attached hydrogens (primary N) is 1. The van der Waals surface area contributed by atoms with Gasteiger partial charge in [-0.05, 0) is 31.5 Å². The molecule has 1 saturated heterocycles. The molecule has 1 unspecified atom stereocenters. The van der Waals surface area contributed by atoms with Crippen molar-refractivity contribution < 1.29 is 4.74 Å². The Hall–Kier alpha value is -0.930. The second kappa shape index (κ2) is 4.93. The maximum Gasteiger partial charge on any atom is 0.0721 e. The Kier molecular flexibility index (Phi) is 3.56. The minimum absolute atomic E-state index is 0.246. The second-order valence-corrected chi connectivity index (χ2v) is 4.60. The molecule has 0 amide bonds. The van der Waals surface area contributed by atoms with E-state index in [1.165, 1.54) is 0 Å². The van der Waals surface area contributed by atoms with E-state index in [0.29, 0.717) is 10.7 Å². The highest BCUT2D eigenvalue weighted by atomic mass is 35.5. The molecule has 0 aliphatic carbocycles. The van der Waals surface area contributed by atoms with Gasteiger partial charge >= 0.3 is 0 Å². The summed E-state index contributed by atoms with van der Waals surface area (Å²) in [6, 6.07) is 5.67. The number of nitrogen functional groups attached to an aromatic ring is 1. The number of rotatable bonds is 1. The molecule has 1 aromatic carbocycles. The van der Waals surface area contributed by atoms with Crippen LogP contribution in [0, 0.1) is 0 Å². The summed E-state index contributed by atoms with van der Waals surface area (Å²) in [6.07, 6.45) is 1.28. The Bertz CT molecular complexity index is 370. The number of benzene rings is 1. The van der Waals surface area contributed by atoms with E-state index in [1.54, 1.807) is 6.07 Å². The number of hydrogen-bond acceptors (Lipinski definition) is 3. The number of halogens is 1. The highest BCUT2D eigenvalue weighted by molar-refractivity contribution is 6.33. The fourth-order valence-electron chi connectivity index (χ4n) is 1.99. The fraction of sp³-hybridized carbons (Fsp3) is 0.500. The lowest BCUT2D eigenvalue weighted by Gasteiger charge is -2.25. The molecule has 1 atom stereocenters. The Morgan fingerprint density at radius 1 is 1.50 bits per heavy atom. The van der Waals surface area contributed by atoms with Crippen LogP contribution in [0.3, 0.4) is 0 Å². The third-order valence-electron chi connectivity index (χ3n) is 2.76. The van der Waals surface area contributed by atoms with Crippen molar-refractivity contribution in [2.24, 2.45) is 0 Å². The molecule has 1 aromatic rings. The van der Waals surface area contributed by atoms with E-state index < -0.39 is 0 Å². The molecule has 3 nitrogen and oxygen atoms in total. The van der Waals surface area contributed by atoms with Crippen molar-refractivity contribution in [2.45, 2.75) is 19.4 Å². The summed E-state index contributed by atoms with van der Waals surface area (Å²) in [4.78, 5) is 2.26. The van der Waals surface area contributed by atoms with Crippen LogP contribution < -0.4 is 10.6 Å². The minimum Gasteiger partial charge on any atom is -0.399 e. The van der Waals surface area contributed by atoms with Crippen molar-refractivity contribution >= 4 is 23.0 Å². The quantitative estimate of drug-likeness (QED) is 0.767. The lowest BCUT2D eigenvalue weighted by Crippen LogP contribution is -2.30. The summed E-state index contributed by atoms with van der Waals surface area (Å²) < 4.78 is 5.61. The van der Waals surface area contributed by atoms with E-state index in [0.717, 1.165) is 31.8 Å². The van der Waals surface area contributed by atoms with Gasteiger partial charge in [0.2, 0.25) is 0 Å². The molecule has 0 saturated carbocycles. The van der Waals surface area contributed by atoms with E-state index in [-0.39, 0.29) is 6.10 Å². The molecule has 0 spiro atoms. The van der Waals surface area contributed by atoms with Gasteiger partial charge in [-0.1, -0.05) is 11.6 Å². The van der Waals surface area contributed by atoms with Crippen molar-refractivity contribution in [2.75, 3.05) is 30.3 Å². The van der Waals surface area contributed by atoms with Crippen LogP contribution in [0.1, 0.15) is 13.3 Å². The van der Waals surface area contributed by atoms with Crippen LogP contribution in [-0.2, 0) is 4.74 Å². The molecule has 1 aliphatic heterocycles. The van der Waals surface area contributed by atoms with Gasteiger partial charge in [-0.3, -0.25) is 0 Å². The third kappa shape index (κ3) is 2.60. The first kappa shape index (κ1) is 11.6. The van der Waals surface area contributed by atoms with Gasteiger partial charge in [0.25, 0.3) is 0 Å². The average Bonchev–Trinajstić information content (AvgIpc) is 2.43. The van der Waals surface area contributed by atoms with Crippen LogP contribution in [0.15, 0.2) is 18.2 Å². The van der Waals surface area contributed by atoms with Crippen molar-refractivity contribution in [3.63, 3.8) is 0 Å². The molecular weight excluding hydrogens is 224 g/mol. The zero-order chi connectivity index (χ0) is 11.5. The zero-order valence-corrected chi connectivity index (χ0v) is 10.2. The molecule has 4 heteroatoms. The molecule has 16 heavy (non-hydrogen) atoms. The van der Waals surface area contributed by atoms with Crippen LogP contribution in [-0.4, -0.2) is 25.8 Å². The maximum absolute atomic E-state index is 6.20. The third-order valence-corrected chi connectivity index (χ3v) is 3.07. The lowest BCUT2D eigenvalue weighted by molar-refractivity contribution is 0.0821. The van der Waals surface area contributed by atoms with E-state index in [9.17, 15) is 0 Å². The molecule has 2 rings (SSSR count). The highest BCUT2D eigenvalue weighted by Gasteiger charge is 2.17. The number of anilines is 2. The summed E-state index contributed by atoms with van der Waals surface area (Å²) in [7, 11) is 0. The van der Waals surface area contributed by atoms with Gasteiger partial charge < -0.3 is 15.4 Å². The van der Waals surface area contributed by atoms with E-state index >= 15 is 0 Å².